The highest BCUT2D eigenvalue weighted by Crippen LogP contribution is 2.36. The monoisotopic (exact) mass is 379 g/mol. The molecular weight excluding hydrogens is 358 g/mol. The Kier molecular flexibility index (Phi) is 6.58. The van der Waals surface area contributed by atoms with E-state index >= 15 is 0 Å². The molecule has 0 aliphatic rings. The van der Waals surface area contributed by atoms with E-state index in [0.29, 0.717) is 40.1 Å². The number of hydrogen-bond donors (Lipinski definition) is 0. The van der Waals surface area contributed by atoms with Crippen molar-refractivity contribution in [2.24, 2.45) is 0 Å². The Morgan fingerprint density at radius 2 is 1.58 bits per heavy atom. The Morgan fingerprint density at radius 3 is 2.15 bits per heavy atom. The van der Waals surface area contributed by atoms with Crippen LogP contribution in [-0.2, 0) is 6.54 Å². The van der Waals surface area contributed by atoms with Crippen LogP contribution in [0.3, 0.4) is 0 Å². The molecule has 0 aliphatic carbocycles. The molecule has 0 atom stereocenters. The van der Waals surface area contributed by atoms with Gasteiger partial charge < -0.3 is 23.8 Å². The van der Waals surface area contributed by atoms with Gasteiger partial charge in [-0.2, -0.15) is 0 Å². The van der Waals surface area contributed by atoms with Crippen LogP contribution >= 0.6 is 11.6 Å². The fraction of sp³-hybridized carbons (Fsp3) is 0.316. The van der Waals surface area contributed by atoms with Crippen molar-refractivity contribution in [1.82, 2.24) is 4.90 Å². The van der Waals surface area contributed by atoms with Gasteiger partial charge in [-0.05, 0) is 29.8 Å². The Bertz CT molecular complexity index is 794. The Morgan fingerprint density at radius 1 is 0.923 bits per heavy atom. The first-order chi connectivity index (χ1) is 12.4. The quantitative estimate of drug-likeness (QED) is 0.735. The second-order valence-corrected chi connectivity index (χ2v) is 5.95. The van der Waals surface area contributed by atoms with Gasteiger partial charge in [-0.15, -0.1) is 0 Å². The van der Waals surface area contributed by atoms with Crippen molar-refractivity contribution < 1.29 is 23.7 Å². The molecule has 0 saturated carbocycles. The van der Waals surface area contributed by atoms with Crippen LogP contribution < -0.4 is 18.9 Å². The molecule has 0 bridgehead atoms. The molecule has 0 fully saturated rings. The third-order valence-electron chi connectivity index (χ3n) is 3.89. The molecule has 0 N–H and O–H groups in total. The highest BCUT2D eigenvalue weighted by Gasteiger charge is 2.18. The standard InChI is InChI=1S/C19H22ClNO5/c1-21(11-12-6-7-15(23-2)16(8-12)24-3)19(22)13-9-14(20)18(26-5)17(10-13)25-4/h6-10H,11H2,1-5H3. The number of rotatable bonds is 7. The summed E-state index contributed by atoms with van der Waals surface area (Å²) >= 11 is 6.19. The van der Waals surface area contributed by atoms with Crippen LogP contribution in [0.15, 0.2) is 30.3 Å². The van der Waals surface area contributed by atoms with E-state index in [-0.39, 0.29) is 5.91 Å². The minimum Gasteiger partial charge on any atom is -0.493 e. The molecule has 2 aromatic carbocycles. The molecule has 0 radical (unpaired) electrons. The molecule has 1 amide bonds. The Labute approximate surface area is 158 Å². The molecule has 6 nitrogen and oxygen atoms in total. The van der Waals surface area contributed by atoms with E-state index in [2.05, 4.69) is 0 Å². The van der Waals surface area contributed by atoms with Crippen LogP contribution in [0.4, 0.5) is 0 Å². The van der Waals surface area contributed by atoms with Crippen molar-refractivity contribution >= 4 is 17.5 Å². The molecule has 2 aromatic rings. The van der Waals surface area contributed by atoms with Gasteiger partial charge in [0, 0.05) is 19.2 Å². The number of ether oxygens (including phenoxy) is 4. The lowest BCUT2D eigenvalue weighted by molar-refractivity contribution is 0.0784. The zero-order valence-electron chi connectivity index (χ0n) is 15.5. The lowest BCUT2D eigenvalue weighted by Gasteiger charge is -2.19. The molecule has 0 aromatic heterocycles. The van der Waals surface area contributed by atoms with E-state index in [1.165, 1.54) is 14.2 Å². The van der Waals surface area contributed by atoms with Crippen molar-refractivity contribution in [2.45, 2.75) is 6.54 Å². The van der Waals surface area contributed by atoms with Crippen LogP contribution in [0.1, 0.15) is 15.9 Å². The second kappa shape index (κ2) is 8.67. The number of methoxy groups -OCH3 is 4. The van der Waals surface area contributed by atoms with Gasteiger partial charge in [-0.3, -0.25) is 4.79 Å². The summed E-state index contributed by atoms with van der Waals surface area (Å²) in [6.45, 7) is 0.394. The number of carbonyl (C=O) groups is 1. The summed E-state index contributed by atoms with van der Waals surface area (Å²) in [5, 5.41) is 0.315. The fourth-order valence-electron chi connectivity index (χ4n) is 2.59. The molecule has 26 heavy (non-hydrogen) atoms. The van der Waals surface area contributed by atoms with Crippen LogP contribution in [0.2, 0.25) is 5.02 Å². The second-order valence-electron chi connectivity index (χ2n) is 5.54. The van der Waals surface area contributed by atoms with E-state index in [9.17, 15) is 4.79 Å². The third kappa shape index (κ3) is 4.14. The molecule has 0 spiro atoms. The lowest BCUT2D eigenvalue weighted by atomic mass is 10.1. The summed E-state index contributed by atoms with van der Waals surface area (Å²) in [6.07, 6.45) is 0. The molecular formula is C19H22ClNO5. The Hall–Kier alpha value is -2.60. The van der Waals surface area contributed by atoms with Crippen LogP contribution in [0.25, 0.3) is 0 Å². The average molecular weight is 380 g/mol. The SMILES string of the molecule is COc1ccc(CN(C)C(=O)c2cc(Cl)c(OC)c(OC)c2)cc1OC. The number of nitrogens with zero attached hydrogens (tertiary/aromatic N) is 1. The molecule has 0 unspecified atom stereocenters. The van der Waals surface area contributed by atoms with Crippen LogP contribution in [0.5, 0.6) is 23.0 Å². The van der Waals surface area contributed by atoms with E-state index in [1.54, 1.807) is 44.4 Å². The third-order valence-corrected chi connectivity index (χ3v) is 4.18. The average Bonchev–Trinajstić information content (AvgIpc) is 2.66. The summed E-state index contributed by atoms with van der Waals surface area (Å²) in [5.41, 5.74) is 1.32. The number of hydrogen-bond acceptors (Lipinski definition) is 5. The van der Waals surface area contributed by atoms with Crippen LogP contribution in [-0.4, -0.2) is 46.3 Å². The summed E-state index contributed by atoms with van der Waals surface area (Å²) in [5.74, 6) is 1.86. The minimum absolute atomic E-state index is 0.192. The van der Waals surface area contributed by atoms with Gasteiger partial charge >= 0.3 is 0 Å². The van der Waals surface area contributed by atoms with Crippen molar-refractivity contribution in [3.63, 3.8) is 0 Å². The normalized spacial score (nSPS) is 10.2. The molecule has 140 valence electrons. The van der Waals surface area contributed by atoms with Gasteiger partial charge in [0.1, 0.15) is 0 Å². The molecule has 7 heteroatoms. The fourth-order valence-corrected chi connectivity index (χ4v) is 2.87. The van der Waals surface area contributed by atoms with Crippen LogP contribution in [0, 0.1) is 0 Å². The molecule has 0 aliphatic heterocycles. The lowest BCUT2D eigenvalue weighted by Crippen LogP contribution is -2.26. The van der Waals surface area contributed by atoms with Crippen molar-refractivity contribution in [2.75, 3.05) is 35.5 Å². The van der Waals surface area contributed by atoms with Gasteiger partial charge in [0.2, 0.25) is 0 Å². The van der Waals surface area contributed by atoms with Crippen molar-refractivity contribution in [3.8, 4) is 23.0 Å². The maximum Gasteiger partial charge on any atom is 0.254 e. The summed E-state index contributed by atoms with van der Waals surface area (Å²) < 4.78 is 21.0. The van der Waals surface area contributed by atoms with Crippen molar-refractivity contribution in [3.05, 3.63) is 46.5 Å². The largest absolute Gasteiger partial charge is 0.493 e. The number of benzene rings is 2. The predicted octanol–water partition coefficient (Wildman–Crippen LogP) is 3.65. The molecule has 0 heterocycles. The van der Waals surface area contributed by atoms with E-state index < -0.39 is 0 Å². The van der Waals surface area contributed by atoms with Gasteiger partial charge in [0.15, 0.2) is 23.0 Å². The zero-order valence-corrected chi connectivity index (χ0v) is 16.2. The van der Waals surface area contributed by atoms with Crippen molar-refractivity contribution in [1.29, 1.82) is 0 Å². The topological polar surface area (TPSA) is 57.2 Å². The molecule has 0 saturated heterocycles. The highest BCUT2D eigenvalue weighted by atomic mass is 35.5. The zero-order chi connectivity index (χ0) is 19.3. The van der Waals surface area contributed by atoms with E-state index in [1.807, 2.05) is 12.1 Å². The first-order valence-electron chi connectivity index (χ1n) is 7.83. The predicted molar refractivity (Wildman–Crippen MR) is 99.9 cm³/mol. The van der Waals surface area contributed by atoms with Gasteiger partial charge in [0.05, 0.1) is 33.5 Å². The first kappa shape index (κ1) is 19.7. The minimum atomic E-state index is -0.192. The summed E-state index contributed by atoms with van der Waals surface area (Å²) in [6, 6.07) is 8.70. The van der Waals surface area contributed by atoms with E-state index in [0.717, 1.165) is 5.56 Å². The van der Waals surface area contributed by atoms with Gasteiger partial charge in [0.25, 0.3) is 5.91 Å². The number of halogens is 1. The Balaban J connectivity index is 2.24. The van der Waals surface area contributed by atoms with Gasteiger partial charge in [-0.1, -0.05) is 17.7 Å². The van der Waals surface area contributed by atoms with E-state index in [4.69, 9.17) is 30.5 Å². The number of carbonyl (C=O) groups excluding carboxylic acids is 1. The summed E-state index contributed by atoms with van der Waals surface area (Å²) in [4.78, 5) is 14.3. The maximum absolute atomic E-state index is 12.8. The summed E-state index contributed by atoms with van der Waals surface area (Å²) in [7, 11) is 7.85. The highest BCUT2D eigenvalue weighted by molar-refractivity contribution is 6.32. The molecule has 2 rings (SSSR count). The smallest absolute Gasteiger partial charge is 0.254 e. The maximum atomic E-state index is 12.8. The number of amides is 1. The first-order valence-corrected chi connectivity index (χ1v) is 8.20. The van der Waals surface area contributed by atoms with Gasteiger partial charge in [-0.25, -0.2) is 0 Å².